The maximum atomic E-state index is 6.49. The Labute approximate surface area is 296 Å². The highest BCUT2D eigenvalue weighted by Crippen LogP contribution is 2.38. The van der Waals surface area contributed by atoms with Gasteiger partial charge in [-0.2, -0.15) is 0 Å². The molecule has 4 unspecified atom stereocenters. The Balaban J connectivity index is 0.914. The van der Waals surface area contributed by atoms with Crippen LogP contribution in [0.2, 0.25) is 0 Å². The van der Waals surface area contributed by atoms with Crippen LogP contribution in [-0.2, 0) is 25.0 Å². The highest BCUT2D eigenvalue weighted by molar-refractivity contribution is 5.43. The van der Waals surface area contributed by atoms with Crippen LogP contribution in [0.3, 0.4) is 0 Å². The summed E-state index contributed by atoms with van der Waals surface area (Å²) >= 11 is 0. The molecule has 0 radical (unpaired) electrons. The molecule has 7 nitrogen and oxygen atoms in total. The molecule has 4 atom stereocenters. The molecule has 0 N–H and O–H groups in total. The molecule has 7 rings (SSSR count). The first kappa shape index (κ1) is 34.4. The summed E-state index contributed by atoms with van der Waals surface area (Å²) in [5.74, 6) is 3.34. The largest absolute Gasteiger partial charge is 0.491 e. The second-order valence-corrected chi connectivity index (χ2v) is 15.7. The smallest absolute Gasteiger partial charge is 0.159 e. The summed E-state index contributed by atoms with van der Waals surface area (Å²) in [5, 5.41) is 0. The van der Waals surface area contributed by atoms with Crippen molar-refractivity contribution in [1.82, 2.24) is 0 Å². The Morgan fingerprint density at radius 1 is 0.560 bits per heavy atom. The first-order valence-corrected chi connectivity index (χ1v) is 17.7. The Morgan fingerprint density at radius 3 is 1.38 bits per heavy atom. The van der Waals surface area contributed by atoms with Crippen LogP contribution in [0.15, 0.2) is 97.1 Å². The lowest BCUT2D eigenvalue weighted by Crippen LogP contribution is -2.62. The third-order valence-electron chi connectivity index (χ3n) is 10.6. The highest BCUT2D eigenvalue weighted by Gasteiger charge is 2.47. The minimum Gasteiger partial charge on any atom is -0.491 e. The van der Waals surface area contributed by atoms with Crippen molar-refractivity contribution in [2.45, 2.75) is 88.8 Å². The maximum Gasteiger partial charge on any atom is 0.159 e. The molecule has 0 aromatic heterocycles. The summed E-state index contributed by atoms with van der Waals surface area (Å²) in [6.45, 7) is 18.3. The maximum absolute atomic E-state index is 6.49. The van der Waals surface area contributed by atoms with E-state index >= 15 is 0 Å². The molecule has 0 aliphatic carbocycles. The van der Waals surface area contributed by atoms with Crippen molar-refractivity contribution in [3.8, 4) is 23.0 Å². The van der Waals surface area contributed by atoms with Crippen LogP contribution in [0, 0.1) is 0 Å². The molecule has 3 aliphatic heterocycles. The van der Waals surface area contributed by atoms with Crippen molar-refractivity contribution in [2.24, 2.45) is 0 Å². The molecule has 0 spiro atoms. The van der Waals surface area contributed by atoms with Crippen LogP contribution >= 0.6 is 0 Å². The third kappa shape index (κ3) is 7.51. The van der Waals surface area contributed by atoms with Gasteiger partial charge < -0.3 is 33.2 Å². The van der Waals surface area contributed by atoms with Gasteiger partial charge in [0.1, 0.15) is 60.1 Å². The predicted octanol–water partition coefficient (Wildman–Crippen LogP) is 8.29. The van der Waals surface area contributed by atoms with Gasteiger partial charge in [0.2, 0.25) is 0 Å². The zero-order chi connectivity index (χ0) is 35.1. The first-order valence-electron chi connectivity index (χ1n) is 17.7. The van der Waals surface area contributed by atoms with E-state index in [-0.39, 0.29) is 34.7 Å². The first-order chi connectivity index (χ1) is 23.8. The monoisotopic (exact) mass is 678 g/mol. The van der Waals surface area contributed by atoms with Gasteiger partial charge in [0.15, 0.2) is 5.60 Å². The van der Waals surface area contributed by atoms with Gasteiger partial charge in [0.25, 0.3) is 0 Å². The number of rotatable bonds is 15. The van der Waals surface area contributed by atoms with Crippen LogP contribution < -0.4 is 18.9 Å². The van der Waals surface area contributed by atoms with Crippen molar-refractivity contribution < 1.29 is 33.2 Å². The Bertz CT molecular complexity index is 1740. The predicted molar refractivity (Wildman–Crippen MR) is 194 cm³/mol. The molecular weight excluding hydrogens is 628 g/mol. The van der Waals surface area contributed by atoms with Crippen molar-refractivity contribution >= 4 is 0 Å². The lowest BCUT2D eigenvalue weighted by atomic mass is 9.78. The second kappa shape index (κ2) is 13.3. The molecule has 3 aliphatic rings. The third-order valence-corrected chi connectivity index (χ3v) is 10.6. The molecule has 3 heterocycles. The standard InChI is InChI=1S/C43H50O7/c1-40(2,31-12-20-35(21-13-31)49-42(5,6)38-26-47-38)30-10-18-34(19-11-30)46-27-39-43(7,28-48-39)50-36-22-14-32(15-23-36)41(3,4)29-8-16-33(17-9-29)44-24-37-25-45-37/h8-23,37-39H,24-28H2,1-7H3. The van der Waals surface area contributed by atoms with Gasteiger partial charge in [0, 0.05) is 10.8 Å². The molecule has 3 fully saturated rings. The fourth-order valence-electron chi connectivity index (χ4n) is 6.52. The van der Waals surface area contributed by atoms with Gasteiger partial charge in [-0.25, -0.2) is 0 Å². The minimum absolute atomic E-state index is 0.163. The normalized spacial score (nSPS) is 23.1. The van der Waals surface area contributed by atoms with E-state index in [1.165, 1.54) is 22.3 Å². The number of benzene rings is 4. The summed E-state index contributed by atoms with van der Waals surface area (Å²) in [5.41, 5.74) is 3.67. The summed E-state index contributed by atoms with van der Waals surface area (Å²) in [4.78, 5) is 0. The lowest BCUT2D eigenvalue weighted by Gasteiger charge is -2.46. The Kier molecular flexibility index (Phi) is 9.12. The van der Waals surface area contributed by atoms with Gasteiger partial charge in [0.05, 0.1) is 19.8 Å². The summed E-state index contributed by atoms with van der Waals surface area (Å²) < 4.78 is 41.3. The molecule has 4 aromatic rings. The summed E-state index contributed by atoms with van der Waals surface area (Å²) in [6.07, 6.45) is 0.229. The fourth-order valence-corrected chi connectivity index (χ4v) is 6.52. The fraction of sp³-hybridized carbons (Fsp3) is 0.442. The lowest BCUT2D eigenvalue weighted by molar-refractivity contribution is -0.222. The molecule has 0 bridgehead atoms. The number of hydrogen-bond acceptors (Lipinski definition) is 7. The molecule has 0 amide bonds. The van der Waals surface area contributed by atoms with Gasteiger partial charge in [-0.15, -0.1) is 0 Å². The van der Waals surface area contributed by atoms with Crippen LogP contribution in [0.25, 0.3) is 0 Å². The van der Waals surface area contributed by atoms with Crippen molar-refractivity contribution in [3.05, 3.63) is 119 Å². The van der Waals surface area contributed by atoms with E-state index in [2.05, 4.69) is 121 Å². The van der Waals surface area contributed by atoms with Crippen LogP contribution in [0.1, 0.15) is 70.7 Å². The van der Waals surface area contributed by atoms with Gasteiger partial charge >= 0.3 is 0 Å². The molecule has 7 heteroatoms. The zero-order valence-corrected chi connectivity index (χ0v) is 30.4. The number of epoxide rings is 2. The van der Waals surface area contributed by atoms with E-state index in [0.29, 0.717) is 19.8 Å². The van der Waals surface area contributed by atoms with Crippen molar-refractivity contribution in [1.29, 1.82) is 0 Å². The van der Waals surface area contributed by atoms with E-state index < -0.39 is 5.60 Å². The van der Waals surface area contributed by atoms with E-state index in [9.17, 15) is 0 Å². The van der Waals surface area contributed by atoms with Crippen molar-refractivity contribution in [2.75, 3.05) is 33.0 Å². The molecule has 50 heavy (non-hydrogen) atoms. The SMILES string of the molecule is CC(C)(c1ccc(OCC2OCC2(C)Oc2ccc(C(C)(C)c3ccc(OCC4CO4)cc3)cc2)cc1)c1ccc(OC(C)(C)C2CO2)cc1. The summed E-state index contributed by atoms with van der Waals surface area (Å²) in [7, 11) is 0. The van der Waals surface area contributed by atoms with Crippen LogP contribution in [-0.4, -0.2) is 62.5 Å². The quantitative estimate of drug-likeness (QED) is 0.117. The average Bonchev–Trinajstić information content (AvgIpc) is 4.02. The number of hydrogen-bond donors (Lipinski definition) is 0. The average molecular weight is 679 g/mol. The van der Waals surface area contributed by atoms with Crippen LogP contribution in [0.4, 0.5) is 0 Å². The van der Waals surface area contributed by atoms with Gasteiger partial charge in [-0.3, -0.25) is 0 Å². The van der Waals surface area contributed by atoms with E-state index in [1.54, 1.807) is 0 Å². The molecular formula is C43H50O7. The second-order valence-electron chi connectivity index (χ2n) is 15.7. The number of ether oxygens (including phenoxy) is 7. The van der Waals surface area contributed by atoms with Crippen molar-refractivity contribution in [3.63, 3.8) is 0 Å². The van der Waals surface area contributed by atoms with E-state index in [1.807, 2.05) is 24.3 Å². The van der Waals surface area contributed by atoms with E-state index in [0.717, 1.165) is 36.2 Å². The summed E-state index contributed by atoms with van der Waals surface area (Å²) in [6, 6.07) is 33.5. The minimum atomic E-state index is -0.475. The van der Waals surface area contributed by atoms with Gasteiger partial charge in [-0.1, -0.05) is 76.2 Å². The molecule has 264 valence electrons. The zero-order valence-electron chi connectivity index (χ0n) is 30.4. The molecule has 3 saturated heterocycles. The van der Waals surface area contributed by atoms with Gasteiger partial charge in [-0.05, 0) is 91.6 Å². The highest BCUT2D eigenvalue weighted by atomic mass is 16.6. The molecule has 4 aromatic carbocycles. The van der Waals surface area contributed by atoms with E-state index in [4.69, 9.17) is 33.2 Å². The molecule has 0 saturated carbocycles. The Hall–Kier alpha value is -4.04. The van der Waals surface area contributed by atoms with Crippen LogP contribution in [0.5, 0.6) is 23.0 Å². The Morgan fingerprint density at radius 2 is 0.980 bits per heavy atom. The topological polar surface area (TPSA) is 71.2 Å².